The molecule has 1 aliphatic heterocycles. The highest BCUT2D eigenvalue weighted by atomic mass is 16.3. The average Bonchev–Trinajstić information content (AvgIpc) is 3.03. The first-order chi connectivity index (χ1) is 11.0. The second kappa shape index (κ2) is 6.44. The predicted octanol–water partition coefficient (Wildman–Crippen LogP) is 2.24. The van der Waals surface area contributed by atoms with Gasteiger partial charge in [-0.25, -0.2) is 4.98 Å². The van der Waals surface area contributed by atoms with Crippen LogP contribution in [-0.2, 0) is 24.2 Å². The minimum atomic E-state index is 0.0477. The third kappa shape index (κ3) is 3.38. The molecule has 23 heavy (non-hydrogen) atoms. The van der Waals surface area contributed by atoms with Crippen LogP contribution in [0.5, 0.6) is 5.75 Å². The van der Waals surface area contributed by atoms with E-state index in [0.29, 0.717) is 0 Å². The zero-order valence-electron chi connectivity index (χ0n) is 13.6. The highest BCUT2D eigenvalue weighted by Crippen LogP contribution is 2.23. The highest BCUT2D eigenvalue weighted by Gasteiger charge is 2.28. The number of aromatic hydroxyl groups is 1. The van der Waals surface area contributed by atoms with Crippen LogP contribution in [0.4, 0.5) is 0 Å². The molecule has 0 fully saturated rings. The van der Waals surface area contributed by atoms with Crippen LogP contribution in [0.2, 0.25) is 0 Å². The molecule has 0 saturated heterocycles. The molecule has 3 rings (SSSR count). The predicted molar refractivity (Wildman–Crippen MR) is 88.1 cm³/mol. The summed E-state index contributed by atoms with van der Waals surface area (Å²) < 4.78 is 2.13. The molecular weight excluding hydrogens is 290 g/mol. The first-order valence-electron chi connectivity index (χ1n) is 8.08. The molecule has 1 N–H and O–H groups in total. The molecule has 1 aliphatic rings. The van der Waals surface area contributed by atoms with Gasteiger partial charge in [0.05, 0.1) is 6.33 Å². The number of phenolic OH excluding ortho intramolecular Hbond substituents is 1. The molecule has 1 aromatic heterocycles. The number of aryl methyl sites for hydroxylation is 1. The van der Waals surface area contributed by atoms with Gasteiger partial charge in [-0.1, -0.05) is 12.1 Å². The van der Waals surface area contributed by atoms with Crippen molar-refractivity contribution in [3.8, 4) is 5.75 Å². The van der Waals surface area contributed by atoms with Crippen molar-refractivity contribution in [2.45, 2.75) is 38.8 Å². The fourth-order valence-corrected chi connectivity index (χ4v) is 3.19. The molecule has 122 valence electrons. The Morgan fingerprint density at radius 3 is 2.91 bits per heavy atom. The molecule has 2 heterocycles. The van der Waals surface area contributed by atoms with Gasteiger partial charge in [0.15, 0.2) is 0 Å². The maximum Gasteiger partial charge on any atom is 0.226 e. The third-order valence-electron chi connectivity index (χ3n) is 4.80. The fraction of sp³-hybridized carbons (Fsp3) is 0.444. The van der Waals surface area contributed by atoms with Crippen molar-refractivity contribution in [1.29, 1.82) is 0 Å². The van der Waals surface area contributed by atoms with E-state index in [4.69, 9.17) is 0 Å². The topological polar surface area (TPSA) is 58.4 Å². The van der Waals surface area contributed by atoms with Gasteiger partial charge in [-0.15, -0.1) is 0 Å². The molecule has 5 heteroatoms. The Kier molecular flexibility index (Phi) is 4.37. The number of phenols is 1. The standard InChI is InChI=1S/C18H23N3O2/c1-13(9-14-3-5-17(22)6-4-14)20(2)18(23)15-7-8-21-12-19-11-16(21)10-15/h3-6,11-13,15,22H,7-10H2,1-2H3/t13-,15+/m0/s1. The highest BCUT2D eigenvalue weighted by molar-refractivity contribution is 5.79. The van der Waals surface area contributed by atoms with Crippen LogP contribution in [0.15, 0.2) is 36.8 Å². The van der Waals surface area contributed by atoms with Crippen molar-refractivity contribution in [1.82, 2.24) is 14.5 Å². The number of nitrogens with zero attached hydrogens (tertiary/aromatic N) is 3. The Morgan fingerprint density at radius 1 is 1.43 bits per heavy atom. The minimum absolute atomic E-state index is 0.0477. The summed E-state index contributed by atoms with van der Waals surface area (Å²) in [6, 6.07) is 7.31. The van der Waals surface area contributed by atoms with E-state index in [1.807, 2.05) is 36.6 Å². The Bertz CT molecular complexity index is 678. The first-order valence-corrected chi connectivity index (χ1v) is 8.08. The van der Waals surface area contributed by atoms with E-state index in [9.17, 15) is 9.90 Å². The van der Waals surface area contributed by atoms with Crippen LogP contribution >= 0.6 is 0 Å². The monoisotopic (exact) mass is 313 g/mol. The molecule has 0 bridgehead atoms. The summed E-state index contributed by atoms with van der Waals surface area (Å²) in [5, 5.41) is 9.35. The molecule has 0 unspecified atom stereocenters. The van der Waals surface area contributed by atoms with Crippen molar-refractivity contribution in [2.75, 3.05) is 7.05 Å². The molecular formula is C18H23N3O2. The lowest BCUT2D eigenvalue weighted by atomic mass is 9.94. The smallest absolute Gasteiger partial charge is 0.226 e. The van der Waals surface area contributed by atoms with Crippen LogP contribution in [0.1, 0.15) is 24.6 Å². The number of imidazole rings is 1. The van der Waals surface area contributed by atoms with Gasteiger partial charge in [-0.3, -0.25) is 4.79 Å². The fourth-order valence-electron chi connectivity index (χ4n) is 3.19. The van der Waals surface area contributed by atoms with Crippen LogP contribution in [0.25, 0.3) is 0 Å². The van der Waals surface area contributed by atoms with Crippen LogP contribution in [0.3, 0.4) is 0 Å². The van der Waals surface area contributed by atoms with E-state index in [-0.39, 0.29) is 23.6 Å². The number of fused-ring (bicyclic) bond motifs is 1. The maximum atomic E-state index is 12.8. The number of likely N-dealkylation sites (N-methyl/N-ethyl adjacent to an activating group) is 1. The molecule has 0 saturated carbocycles. The Labute approximate surface area is 136 Å². The number of amides is 1. The summed E-state index contributed by atoms with van der Waals surface area (Å²) >= 11 is 0. The number of rotatable bonds is 4. The van der Waals surface area contributed by atoms with E-state index >= 15 is 0 Å². The summed E-state index contributed by atoms with van der Waals surface area (Å²) in [6.07, 6.45) is 6.13. The van der Waals surface area contributed by atoms with E-state index in [0.717, 1.165) is 37.1 Å². The van der Waals surface area contributed by atoms with Gasteiger partial charge in [0.2, 0.25) is 5.91 Å². The quantitative estimate of drug-likeness (QED) is 0.942. The van der Waals surface area contributed by atoms with Crippen LogP contribution < -0.4 is 0 Å². The summed E-state index contributed by atoms with van der Waals surface area (Å²) in [5.74, 6) is 0.528. The number of hydrogen-bond acceptors (Lipinski definition) is 3. The Balaban J connectivity index is 1.61. The van der Waals surface area contributed by atoms with E-state index < -0.39 is 0 Å². The van der Waals surface area contributed by atoms with Gasteiger partial charge >= 0.3 is 0 Å². The minimum Gasteiger partial charge on any atom is -0.508 e. The Hall–Kier alpha value is -2.30. The van der Waals surface area contributed by atoms with Crippen molar-refractivity contribution in [3.05, 3.63) is 48.0 Å². The van der Waals surface area contributed by atoms with Gasteiger partial charge in [0.1, 0.15) is 5.75 Å². The largest absolute Gasteiger partial charge is 0.508 e. The first kappa shape index (κ1) is 15.6. The van der Waals surface area contributed by atoms with Crippen molar-refractivity contribution < 1.29 is 9.90 Å². The lowest BCUT2D eigenvalue weighted by Gasteiger charge is -2.31. The number of benzene rings is 1. The number of carbonyl (C=O) groups is 1. The lowest BCUT2D eigenvalue weighted by Crippen LogP contribution is -2.42. The van der Waals surface area contributed by atoms with Crippen LogP contribution in [0, 0.1) is 5.92 Å². The zero-order chi connectivity index (χ0) is 16.4. The summed E-state index contributed by atoms with van der Waals surface area (Å²) in [5.41, 5.74) is 2.27. The SMILES string of the molecule is C[C@@H](Cc1ccc(O)cc1)N(C)C(=O)[C@@H]1CCn2cncc2C1. The van der Waals surface area contributed by atoms with Gasteiger partial charge in [0.25, 0.3) is 0 Å². The van der Waals surface area contributed by atoms with E-state index in [2.05, 4.69) is 16.5 Å². The number of carbonyl (C=O) groups excluding carboxylic acids is 1. The molecule has 5 nitrogen and oxygen atoms in total. The normalized spacial score (nSPS) is 18.3. The van der Waals surface area contributed by atoms with Crippen LogP contribution in [-0.4, -0.2) is 38.6 Å². The average molecular weight is 313 g/mol. The molecule has 0 radical (unpaired) electrons. The number of hydrogen-bond donors (Lipinski definition) is 1. The summed E-state index contributed by atoms with van der Waals surface area (Å²) in [6.45, 7) is 2.93. The van der Waals surface area contributed by atoms with Gasteiger partial charge in [-0.2, -0.15) is 0 Å². The van der Waals surface area contributed by atoms with Crippen molar-refractivity contribution in [2.24, 2.45) is 5.92 Å². The second-order valence-corrected chi connectivity index (χ2v) is 6.44. The zero-order valence-corrected chi connectivity index (χ0v) is 13.6. The second-order valence-electron chi connectivity index (χ2n) is 6.44. The van der Waals surface area contributed by atoms with E-state index in [1.165, 1.54) is 0 Å². The van der Waals surface area contributed by atoms with Crippen molar-refractivity contribution in [3.63, 3.8) is 0 Å². The molecule has 1 amide bonds. The lowest BCUT2D eigenvalue weighted by molar-refractivity contribution is -0.136. The molecule has 0 spiro atoms. The van der Waals surface area contributed by atoms with Crippen molar-refractivity contribution >= 4 is 5.91 Å². The number of aromatic nitrogens is 2. The summed E-state index contributed by atoms with van der Waals surface area (Å²) in [4.78, 5) is 18.8. The maximum absolute atomic E-state index is 12.8. The van der Waals surface area contributed by atoms with E-state index in [1.54, 1.807) is 12.1 Å². The summed E-state index contributed by atoms with van der Waals surface area (Å²) in [7, 11) is 1.89. The molecule has 2 aromatic rings. The third-order valence-corrected chi connectivity index (χ3v) is 4.80. The molecule has 0 aliphatic carbocycles. The molecule has 2 atom stereocenters. The van der Waals surface area contributed by atoms with Gasteiger partial charge < -0.3 is 14.6 Å². The van der Waals surface area contributed by atoms with Gasteiger partial charge in [0, 0.05) is 43.9 Å². The Morgan fingerprint density at radius 2 is 2.17 bits per heavy atom. The van der Waals surface area contributed by atoms with Gasteiger partial charge in [-0.05, 0) is 37.5 Å². The molecule has 1 aromatic carbocycles.